The lowest BCUT2D eigenvalue weighted by atomic mass is 9.96. The second-order valence-electron chi connectivity index (χ2n) is 5.03. The van der Waals surface area contributed by atoms with Crippen LogP contribution in [0.4, 0.5) is 5.69 Å². The normalized spacial score (nSPS) is 17.2. The van der Waals surface area contributed by atoms with Crippen LogP contribution in [0.5, 0.6) is 0 Å². The second kappa shape index (κ2) is 6.37. The molecule has 0 saturated carbocycles. The Morgan fingerprint density at radius 3 is 2.95 bits per heavy atom. The van der Waals surface area contributed by atoms with E-state index in [9.17, 15) is 9.59 Å². The maximum absolute atomic E-state index is 12.4. The molecule has 0 bridgehead atoms. The highest BCUT2D eigenvalue weighted by Crippen LogP contribution is 2.30. The third-order valence-corrected chi connectivity index (χ3v) is 3.62. The molecule has 0 aliphatic carbocycles. The fraction of sp³-hybridized carbons (Fsp3) is 0.375. The van der Waals surface area contributed by atoms with Crippen LogP contribution in [0.1, 0.15) is 25.3 Å². The molecule has 1 heterocycles. The third kappa shape index (κ3) is 3.07. The van der Waals surface area contributed by atoms with Gasteiger partial charge in [0.2, 0.25) is 11.8 Å². The molecule has 0 aromatic heterocycles. The van der Waals surface area contributed by atoms with Gasteiger partial charge in [0.05, 0.1) is 0 Å². The number of para-hydroxylation sites is 1. The van der Waals surface area contributed by atoms with Crippen LogP contribution in [0.2, 0.25) is 0 Å². The molecule has 1 aliphatic heterocycles. The quantitative estimate of drug-likeness (QED) is 0.853. The molecule has 106 valence electrons. The number of fused-ring (bicyclic) bond motifs is 1. The Hall–Kier alpha value is -2.10. The van der Waals surface area contributed by atoms with Gasteiger partial charge in [-0.3, -0.25) is 9.59 Å². The molecule has 0 spiro atoms. The van der Waals surface area contributed by atoms with Crippen LogP contribution in [-0.4, -0.2) is 24.4 Å². The van der Waals surface area contributed by atoms with Crippen LogP contribution in [0.25, 0.3) is 0 Å². The first-order chi connectivity index (χ1) is 9.63. The Morgan fingerprint density at radius 1 is 1.45 bits per heavy atom. The minimum Gasteiger partial charge on any atom is -0.352 e. The van der Waals surface area contributed by atoms with Crippen LogP contribution in [0, 0.1) is 0 Å². The van der Waals surface area contributed by atoms with Crippen molar-refractivity contribution in [3.05, 3.63) is 42.5 Å². The van der Waals surface area contributed by atoms with Gasteiger partial charge < -0.3 is 10.2 Å². The fourth-order valence-electron chi connectivity index (χ4n) is 2.55. The lowest BCUT2D eigenvalue weighted by Crippen LogP contribution is -2.43. The van der Waals surface area contributed by atoms with Gasteiger partial charge in [-0.1, -0.05) is 24.8 Å². The molecule has 1 aromatic rings. The number of hydrogen-bond donors (Lipinski definition) is 1. The van der Waals surface area contributed by atoms with E-state index in [2.05, 4.69) is 24.9 Å². The summed E-state index contributed by atoms with van der Waals surface area (Å²) in [5.74, 6) is -0.195. The summed E-state index contributed by atoms with van der Waals surface area (Å²) < 4.78 is 0. The van der Waals surface area contributed by atoms with E-state index in [-0.39, 0.29) is 17.9 Å². The van der Waals surface area contributed by atoms with Crippen molar-refractivity contribution < 1.29 is 9.59 Å². The number of hydrogen-bond acceptors (Lipinski definition) is 2. The monoisotopic (exact) mass is 272 g/mol. The maximum Gasteiger partial charge on any atom is 0.243 e. The lowest BCUT2D eigenvalue weighted by Gasteiger charge is -2.35. The van der Waals surface area contributed by atoms with Crippen molar-refractivity contribution >= 4 is 17.5 Å². The van der Waals surface area contributed by atoms with E-state index >= 15 is 0 Å². The number of anilines is 1. The number of carbonyl (C=O) groups excluding carboxylic acids is 2. The zero-order valence-corrected chi connectivity index (χ0v) is 11.8. The van der Waals surface area contributed by atoms with Crippen molar-refractivity contribution in [2.45, 2.75) is 32.2 Å². The largest absolute Gasteiger partial charge is 0.352 e. The predicted molar refractivity (Wildman–Crippen MR) is 79.5 cm³/mol. The Bertz CT molecular complexity index is 525. The lowest BCUT2D eigenvalue weighted by molar-refractivity contribution is -0.119. The topological polar surface area (TPSA) is 49.4 Å². The molecule has 1 atom stereocenters. The molecule has 2 rings (SSSR count). The molecule has 1 aliphatic rings. The summed E-state index contributed by atoms with van der Waals surface area (Å²) in [7, 11) is 0. The van der Waals surface area contributed by atoms with Crippen LogP contribution in [0.3, 0.4) is 0 Å². The molecule has 1 aromatic carbocycles. The summed E-state index contributed by atoms with van der Waals surface area (Å²) in [5, 5.41) is 2.64. The highest BCUT2D eigenvalue weighted by Gasteiger charge is 2.27. The average molecular weight is 272 g/mol. The number of aryl methyl sites for hydroxylation is 1. The van der Waals surface area contributed by atoms with Gasteiger partial charge in [0.15, 0.2) is 0 Å². The van der Waals surface area contributed by atoms with E-state index in [4.69, 9.17) is 0 Å². The van der Waals surface area contributed by atoms with E-state index in [0.717, 1.165) is 18.5 Å². The number of rotatable bonds is 4. The van der Waals surface area contributed by atoms with Gasteiger partial charge in [0.1, 0.15) is 0 Å². The Kier molecular flexibility index (Phi) is 4.56. The van der Waals surface area contributed by atoms with Gasteiger partial charge in [0.25, 0.3) is 0 Å². The highest BCUT2D eigenvalue weighted by atomic mass is 16.2. The van der Waals surface area contributed by atoms with Gasteiger partial charge in [0, 0.05) is 24.7 Å². The van der Waals surface area contributed by atoms with Gasteiger partial charge in [-0.15, -0.1) is 0 Å². The summed E-state index contributed by atoms with van der Waals surface area (Å²) in [6.45, 7) is 5.79. The van der Waals surface area contributed by atoms with E-state index < -0.39 is 0 Å². The first-order valence-electron chi connectivity index (χ1n) is 6.93. The SMILES string of the molecule is C=CC(=O)NCCC(=O)N1c2ccccc2CC[C@H]1C. The predicted octanol–water partition coefficient (Wildman–Crippen LogP) is 2.05. The van der Waals surface area contributed by atoms with Crippen LogP contribution < -0.4 is 10.2 Å². The van der Waals surface area contributed by atoms with Crippen molar-refractivity contribution in [3.63, 3.8) is 0 Å². The van der Waals surface area contributed by atoms with E-state index in [1.54, 1.807) is 0 Å². The number of benzene rings is 1. The number of carbonyl (C=O) groups is 2. The molecular weight excluding hydrogens is 252 g/mol. The minimum atomic E-state index is -0.245. The van der Waals surface area contributed by atoms with Crippen molar-refractivity contribution in [3.8, 4) is 0 Å². The van der Waals surface area contributed by atoms with E-state index in [1.165, 1.54) is 11.6 Å². The van der Waals surface area contributed by atoms with Crippen molar-refractivity contribution in [2.24, 2.45) is 0 Å². The molecule has 0 fully saturated rings. The number of nitrogens with zero attached hydrogens (tertiary/aromatic N) is 1. The maximum atomic E-state index is 12.4. The van der Waals surface area contributed by atoms with Crippen molar-refractivity contribution in [1.29, 1.82) is 0 Å². The zero-order chi connectivity index (χ0) is 14.5. The van der Waals surface area contributed by atoms with E-state index in [0.29, 0.717) is 13.0 Å². The summed E-state index contributed by atoms with van der Waals surface area (Å²) in [6, 6.07) is 8.22. The van der Waals surface area contributed by atoms with E-state index in [1.807, 2.05) is 23.1 Å². The molecule has 1 N–H and O–H groups in total. The van der Waals surface area contributed by atoms with Crippen LogP contribution in [-0.2, 0) is 16.0 Å². The summed E-state index contributed by atoms with van der Waals surface area (Å²) in [6.07, 6.45) is 3.50. The van der Waals surface area contributed by atoms with Gasteiger partial charge in [-0.25, -0.2) is 0 Å². The summed E-state index contributed by atoms with van der Waals surface area (Å²) in [5.41, 5.74) is 2.22. The van der Waals surface area contributed by atoms with Gasteiger partial charge in [-0.05, 0) is 37.5 Å². The summed E-state index contributed by atoms with van der Waals surface area (Å²) >= 11 is 0. The minimum absolute atomic E-state index is 0.0500. The highest BCUT2D eigenvalue weighted by molar-refractivity contribution is 5.95. The Morgan fingerprint density at radius 2 is 2.20 bits per heavy atom. The summed E-state index contributed by atoms with van der Waals surface area (Å²) in [4.78, 5) is 25.3. The Labute approximate surface area is 119 Å². The second-order valence-corrected chi connectivity index (χ2v) is 5.03. The van der Waals surface area contributed by atoms with Gasteiger partial charge in [-0.2, -0.15) is 0 Å². The number of amides is 2. The van der Waals surface area contributed by atoms with Gasteiger partial charge >= 0.3 is 0 Å². The number of nitrogens with one attached hydrogen (secondary N) is 1. The molecule has 0 saturated heterocycles. The third-order valence-electron chi connectivity index (χ3n) is 3.62. The van der Waals surface area contributed by atoms with Crippen LogP contribution in [0.15, 0.2) is 36.9 Å². The molecule has 20 heavy (non-hydrogen) atoms. The molecular formula is C16H20N2O2. The zero-order valence-electron chi connectivity index (χ0n) is 11.8. The first kappa shape index (κ1) is 14.3. The molecule has 0 radical (unpaired) electrons. The molecule has 4 heteroatoms. The first-order valence-corrected chi connectivity index (χ1v) is 6.93. The molecule has 4 nitrogen and oxygen atoms in total. The van der Waals surface area contributed by atoms with Crippen LogP contribution >= 0.6 is 0 Å². The van der Waals surface area contributed by atoms with Crippen molar-refractivity contribution in [1.82, 2.24) is 5.32 Å². The standard InChI is InChI=1S/C16H20N2O2/c1-3-15(19)17-11-10-16(20)18-12(2)8-9-13-6-4-5-7-14(13)18/h3-7,12H,1,8-11H2,2H3,(H,17,19)/t12-/m1/s1. The Balaban J connectivity index is 2.05. The molecule has 2 amide bonds. The smallest absolute Gasteiger partial charge is 0.243 e. The average Bonchev–Trinajstić information content (AvgIpc) is 2.46. The van der Waals surface area contributed by atoms with Crippen molar-refractivity contribution in [2.75, 3.05) is 11.4 Å². The molecule has 0 unspecified atom stereocenters. The fourth-order valence-corrected chi connectivity index (χ4v) is 2.55.